The number of phenolic OH excluding ortho intramolecular Hbond substituents is 2. The van der Waals surface area contributed by atoms with E-state index in [-0.39, 0.29) is 28.5 Å². The second-order valence-electron chi connectivity index (χ2n) is 2.55. The Morgan fingerprint density at radius 2 is 2.00 bits per heavy atom. The fourth-order valence-electron chi connectivity index (χ4n) is 1.04. The highest BCUT2D eigenvalue weighted by Gasteiger charge is 2.08. The smallest absolute Gasteiger partial charge is 0.130 e. The number of nitrogens with two attached hydrogens (primary N) is 1. The van der Waals surface area contributed by atoms with Crippen LogP contribution in [0.3, 0.4) is 0 Å². The van der Waals surface area contributed by atoms with E-state index in [1.165, 1.54) is 13.0 Å². The van der Waals surface area contributed by atoms with Crippen LogP contribution in [-0.4, -0.2) is 15.9 Å². The van der Waals surface area contributed by atoms with Crippen molar-refractivity contribution in [2.75, 3.05) is 5.73 Å². The summed E-state index contributed by atoms with van der Waals surface area (Å²) in [5.41, 5.74) is 6.11. The normalized spacial score (nSPS) is 9.75. The van der Waals surface area contributed by atoms with Gasteiger partial charge in [-0.25, -0.2) is 0 Å². The van der Waals surface area contributed by atoms with Crippen LogP contribution in [0.4, 0.5) is 5.69 Å². The molecular formula is C8H10N2O2. The maximum Gasteiger partial charge on any atom is 0.130 e. The lowest BCUT2D eigenvalue weighted by Gasteiger charge is -2.06. The molecule has 1 rings (SSSR count). The van der Waals surface area contributed by atoms with E-state index in [2.05, 4.69) is 0 Å². The number of nitrogens with one attached hydrogen (secondary N) is 1. The van der Waals surface area contributed by atoms with E-state index in [0.29, 0.717) is 0 Å². The summed E-state index contributed by atoms with van der Waals surface area (Å²) >= 11 is 0. The van der Waals surface area contributed by atoms with E-state index in [1.807, 2.05) is 0 Å². The number of benzene rings is 1. The van der Waals surface area contributed by atoms with E-state index >= 15 is 0 Å². The second-order valence-corrected chi connectivity index (χ2v) is 2.55. The second kappa shape index (κ2) is 2.73. The first-order valence-electron chi connectivity index (χ1n) is 3.39. The van der Waals surface area contributed by atoms with Crippen LogP contribution in [0, 0.1) is 5.41 Å². The van der Waals surface area contributed by atoms with Crippen LogP contribution in [0.1, 0.15) is 12.5 Å². The van der Waals surface area contributed by atoms with Gasteiger partial charge < -0.3 is 21.4 Å². The van der Waals surface area contributed by atoms with Crippen molar-refractivity contribution in [2.24, 2.45) is 0 Å². The molecule has 0 bridgehead atoms. The van der Waals surface area contributed by atoms with Gasteiger partial charge in [-0.3, -0.25) is 0 Å². The Labute approximate surface area is 69.8 Å². The van der Waals surface area contributed by atoms with Crippen LogP contribution in [0.5, 0.6) is 11.5 Å². The fourth-order valence-corrected chi connectivity index (χ4v) is 1.04. The largest absolute Gasteiger partial charge is 0.508 e. The minimum absolute atomic E-state index is 0.102. The quantitative estimate of drug-likeness (QED) is 0.371. The molecule has 0 atom stereocenters. The van der Waals surface area contributed by atoms with Crippen LogP contribution in [-0.2, 0) is 0 Å². The minimum Gasteiger partial charge on any atom is -0.508 e. The Bertz CT molecular complexity index is 311. The summed E-state index contributed by atoms with van der Waals surface area (Å²) in [5.74, 6) is -0.269. The summed E-state index contributed by atoms with van der Waals surface area (Å²) in [6, 6.07) is 2.46. The third-order valence-corrected chi connectivity index (χ3v) is 1.51. The summed E-state index contributed by atoms with van der Waals surface area (Å²) in [7, 11) is 0. The van der Waals surface area contributed by atoms with Gasteiger partial charge in [-0.2, -0.15) is 0 Å². The Balaban J connectivity index is 3.38. The van der Waals surface area contributed by atoms with Crippen molar-refractivity contribution >= 4 is 11.4 Å². The monoisotopic (exact) mass is 166 g/mol. The lowest BCUT2D eigenvalue weighted by molar-refractivity contribution is 0.450. The Morgan fingerprint density at radius 3 is 2.42 bits per heavy atom. The van der Waals surface area contributed by atoms with Crippen LogP contribution >= 0.6 is 0 Å². The average molecular weight is 166 g/mol. The van der Waals surface area contributed by atoms with Gasteiger partial charge in [-0.15, -0.1) is 0 Å². The SMILES string of the molecule is CC(=N)c1c(N)cc(O)cc1O. The van der Waals surface area contributed by atoms with Gasteiger partial charge in [0, 0.05) is 23.5 Å². The molecule has 0 radical (unpaired) electrons. The molecular weight excluding hydrogens is 156 g/mol. The summed E-state index contributed by atoms with van der Waals surface area (Å²) in [4.78, 5) is 0. The van der Waals surface area contributed by atoms with Crippen molar-refractivity contribution in [1.82, 2.24) is 0 Å². The average Bonchev–Trinajstić information content (AvgIpc) is 1.82. The molecule has 64 valence electrons. The standard InChI is InChI=1S/C8H10N2O2/c1-4(9)8-6(10)2-5(11)3-7(8)12/h2-3,9,11-12H,10H2,1H3. The third-order valence-electron chi connectivity index (χ3n) is 1.51. The van der Waals surface area contributed by atoms with Crippen molar-refractivity contribution in [3.63, 3.8) is 0 Å². The molecule has 4 nitrogen and oxygen atoms in total. The third kappa shape index (κ3) is 1.32. The van der Waals surface area contributed by atoms with E-state index < -0.39 is 0 Å². The van der Waals surface area contributed by atoms with Crippen molar-refractivity contribution < 1.29 is 10.2 Å². The number of nitrogen functional groups attached to an aromatic ring is 1. The lowest BCUT2D eigenvalue weighted by Crippen LogP contribution is -1.99. The topological polar surface area (TPSA) is 90.3 Å². The Morgan fingerprint density at radius 1 is 1.42 bits per heavy atom. The predicted octanol–water partition coefficient (Wildman–Crippen LogP) is 1.07. The fraction of sp³-hybridized carbons (Fsp3) is 0.125. The molecule has 0 aliphatic rings. The number of hydrogen-bond donors (Lipinski definition) is 4. The van der Waals surface area contributed by atoms with Crippen molar-refractivity contribution in [2.45, 2.75) is 6.92 Å². The molecule has 4 heteroatoms. The zero-order chi connectivity index (χ0) is 9.30. The van der Waals surface area contributed by atoms with Gasteiger partial charge in [0.05, 0.1) is 5.56 Å². The van der Waals surface area contributed by atoms with Crippen LogP contribution in [0.25, 0.3) is 0 Å². The van der Waals surface area contributed by atoms with E-state index in [1.54, 1.807) is 0 Å². The highest BCUT2D eigenvalue weighted by Crippen LogP contribution is 2.28. The Kier molecular flexibility index (Phi) is 1.91. The summed E-state index contributed by atoms with van der Waals surface area (Å²) in [6.45, 7) is 1.52. The predicted molar refractivity (Wildman–Crippen MR) is 46.7 cm³/mol. The molecule has 0 heterocycles. The summed E-state index contributed by atoms with van der Waals surface area (Å²) in [5, 5.41) is 25.5. The summed E-state index contributed by atoms with van der Waals surface area (Å²) < 4.78 is 0. The first-order valence-corrected chi connectivity index (χ1v) is 3.39. The van der Waals surface area contributed by atoms with Gasteiger partial charge in [-0.05, 0) is 6.92 Å². The summed E-state index contributed by atoms with van der Waals surface area (Å²) in [6.07, 6.45) is 0. The van der Waals surface area contributed by atoms with Crippen molar-refractivity contribution in [1.29, 1.82) is 5.41 Å². The minimum atomic E-state index is -0.167. The molecule has 0 aliphatic heterocycles. The van der Waals surface area contributed by atoms with Gasteiger partial charge in [0.1, 0.15) is 11.5 Å². The molecule has 0 aliphatic carbocycles. The maximum absolute atomic E-state index is 9.26. The molecule has 0 saturated heterocycles. The number of rotatable bonds is 1. The molecule has 0 amide bonds. The Hall–Kier alpha value is -1.71. The number of hydrogen-bond acceptors (Lipinski definition) is 4. The first-order chi connectivity index (χ1) is 5.52. The van der Waals surface area contributed by atoms with E-state index in [0.717, 1.165) is 6.07 Å². The molecule has 0 fully saturated rings. The molecule has 12 heavy (non-hydrogen) atoms. The highest BCUT2D eigenvalue weighted by molar-refractivity contribution is 6.03. The van der Waals surface area contributed by atoms with Gasteiger partial charge >= 0.3 is 0 Å². The zero-order valence-electron chi connectivity index (χ0n) is 6.63. The molecule has 0 spiro atoms. The molecule has 0 saturated carbocycles. The zero-order valence-corrected chi connectivity index (χ0v) is 6.63. The first kappa shape index (κ1) is 8.39. The van der Waals surface area contributed by atoms with Crippen molar-refractivity contribution in [3.05, 3.63) is 17.7 Å². The van der Waals surface area contributed by atoms with Crippen molar-refractivity contribution in [3.8, 4) is 11.5 Å². The maximum atomic E-state index is 9.26. The van der Waals surface area contributed by atoms with Gasteiger partial charge in [0.15, 0.2) is 0 Å². The molecule has 1 aromatic carbocycles. The van der Waals surface area contributed by atoms with Crippen LogP contribution < -0.4 is 5.73 Å². The van der Waals surface area contributed by atoms with Gasteiger partial charge in [-0.1, -0.05) is 0 Å². The van der Waals surface area contributed by atoms with Crippen LogP contribution in [0.15, 0.2) is 12.1 Å². The molecule has 5 N–H and O–H groups in total. The van der Waals surface area contributed by atoms with E-state index in [9.17, 15) is 5.11 Å². The number of phenols is 2. The lowest BCUT2D eigenvalue weighted by atomic mass is 10.1. The van der Waals surface area contributed by atoms with E-state index in [4.69, 9.17) is 16.2 Å². The number of aromatic hydroxyl groups is 2. The molecule has 0 unspecified atom stereocenters. The molecule has 1 aromatic rings. The molecule has 0 aromatic heterocycles. The van der Waals surface area contributed by atoms with Gasteiger partial charge in [0.2, 0.25) is 0 Å². The van der Waals surface area contributed by atoms with Gasteiger partial charge in [0.25, 0.3) is 0 Å². The number of anilines is 1. The highest BCUT2D eigenvalue weighted by atomic mass is 16.3. The van der Waals surface area contributed by atoms with Crippen LogP contribution in [0.2, 0.25) is 0 Å².